The molecule has 3 heteroatoms. The van der Waals surface area contributed by atoms with Crippen LogP contribution >= 0.6 is 27.3 Å². The average molecular weight is 274 g/mol. The zero-order valence-corrected chi connectivity index (χ0v) is 10.9. The molecule has 0 aromatic carbocycles. The molecule has 1 aliphatic rings. The predicted octanol–water partition coefficient (Wildman–Crippen LogP) is 3.74. The molecule has 0 radical (unpaired) electrons. The van der Waals surface area contributed by atoms with Crippen LogP contribution in [0.15, 0.2) is 15.9 Å². The van der Waals surface area contributed by atoms with Gasteiger partial charge in [0.05, 0.1) is 0 Å². The van der Waals surface area contributed by atoms with Crippen LogP contribution in [0.4, 0.5) is 0 Å². The van der Waals surface area contributed by atoms with Crippen molar-refractivity contribution in [1.29, 1.82) is 0 Å². The minimum Gasteiger partial charge on any atom is -0.298 e. The second kappa shape index (κ2) is 4.77. The smallest absolute Gasteiger partial charge is 0.0339 e. The third-order valence-corrected chi connectivity index (χ3v) is 4.63. The van der Waals surface area contributed by atoms with Crippen LogP contribution in [-0.4, -0.2) is 18.0 Å². The summed E-state index contributed by atoms with van der Waals surface area (Å²) in [7, 11) is 0. The average Bonchev–Trinajstić information content (AvgIpc) is 2.90. The molecule has 0 unspecified atom stereocenters. The van der Waals surface area contributed by atoms with Crippen molar-refractivity contribution in [3.63, 3.8) is 0 Å². The summed E-state index contributed by atoms with van der Waals surface area (Å²) < 4.78 is 1.27. The van der Waals surface area contributed by atoms with Gasteiger partial charge in [0.25, 0.3) is 0 Å². The lowest BCUT2D eigenvalue weighted by Crippen LogP contribution is -2.24. The number of thiophene rings is 1. The van der Waals surface area contributed by atoms with Gasteiger partial charge in [-0.2, -0.15) is 0 Å². The van der Waals surface area contributed by atoms with E-state index in [9.17, 15) is 0 Å². The third kappa shape index (κ3) is 2.81. The van der Waals surface area contributed by atoms with Crippen molar-refractivity contribution < 1.29 is 0 Å². The van der Waals surface area contributed by atoms with Crippen molar-refractivity contribution in [2.75, 3.05) is 13.1 Å². The third-order valence-electron chi connectivity index (χ3n) is 2.72. The first kappa shape index (κ1) is 10.7. The summed E-state index contributed by atoms with van der Waals surface area (Å²) in [5, 5.41) is 2.16. The summed E-state index contributed by atoms with van der Waals surface area (Å²) in [5.41, 5.74) is 0. The van der Waals surface area contributed by atoms with Gasteiger partial charge in [-0.05, 0) is 52.7 Å². The van der Waals surface area contributed by atoms with Crippen molar-refractivity contribution in [3.05, 3.63) is 20.8 Å². The maximum absolute atomic E-state index is 3.59. The first-order valence-electron chi connectivity index (χ1n) is 5.23. The van der Waals surface area contributed by atoms with Gasteiger partial charge in [-0.1, -0.05) is 6.92 Å². The van der Waals surface area contributed by atoms with E-state index in [2.05, 4.69) is 39.2 Å². The first-order valence-corrected chi connectivity index (χ1v) is 6.91. The highest BCUT2D eigenvalue weighted by molar-refractivity contribution is 9.10. The van der Waals surface area contributed by atoms with E-state index >= 15 is 0 Å². The van der Waals surface area contributed by atoms with Gasteiger partial charge in [-0.15, -0.1) is 11.3 Å². The van der Waals surface area contributed by atoms with Crippen LogP contribution in [0.2, 0.25) is 0 Å². The lowest BCUT2D eigenvalue weighted by atomic mass is 10.3. The Morgan fingerprint density at radius 3 is 2.86 bits per heavy atom. The van der Waals surface area contributed by atoms with Crippen molar-refractivity contribution in [2.45, 2.75) is 26.3 Å². The molecule has 14 heavy (non-hydrogen) atoms. The second-order valence-corrected chi connectivity index (χ2v) is 5.82. The zero-order chi connectivity index (χ0) is 9.97. The van der Waals surface area contributed by atoms with E-state index in [1.54, 1.807) is 0 Å². The summed E-state index contributed by atoms with van der Waals surface area (Å²) in [4.78, 5) is 4.02. The fourth-order valence-corrected chi connectivity index (χ4v) is 3.13. The number of nitrogens with zero attached hydrogens (tertiary/aromatic N) is 1. The molecule has 1 aliphatic carbocycles. The molecule has 0 bridgehead atoms. The molecule has 1 saturated carbocycles. The van der Waals surface area contributed by atoms with Crippen LogP contribution in [-0.2, 0) is 6.54 Å². The van der Waals surface area contributed by atoms with Crippen LogP contribution in [0, 0.1) is 5.92 Å². The van der Waals surface area contributed by atoms with E-state index in [-0.39, 0.29) is 0 Å². The highest BCUT2D eigenvalue weighted by Gasteiger charge is 2.23. The van der Waals surface area contributed by atoms with Gasteiger partial charge >= 0.3 is 0 Å². The summed E-state index contributed by atoms with van der Waals surface area (Å²) >= 11 is 5.44. The Morgan fingerprint density at radius 1 is 1.57 bits per heavy atom. The van der Waals surface area contributed by atoms with Crippen LogP contribution < -0.4 is 0 Å². The normalized spacial score (nSPS) is 16.5. The molecule has 1 fully saturated rings. The van der Waals surface area contributed by atoms with Crippen LogP contribution in [0.5, 0.6) is 0 Å². The Bertz CT molecular complexity index is 293. The first-order chi connectivity index (χ1) is 6.79. The number of rotatable bonds is 5. The molecule has 0 atom stereocenters. The standard InChI is InChI=1S/C11H16BrNS/c1-2-13(7-9-3-4-9)8-11-10(12)5-6-14-11/h5-6,9H,2-4,7-8H2,1H3. The minimum atomic E-state index is 0.994. The predicted molar refractivity (Wildman–Crippen MR) is 65.7 cm³/mol. The quantitative estimate of drug-likeness (QED) is 0.790. The number of hydrogen-bond donors (Lipinski definition) is 0. The largest absolute Gasteiger partial charge is 0.298 e. The Morgan fingerprint density at radius 2 is 2.36 bits per heavy atom. The van der Waals surface area contributed by atoms with Crippen LogP contribution in [0.3, 0.4) is 0 Å². The van der Waals surface area contributed by atoms with Gasteiger partial charge in [0, 0.05) is 22.4 Å². The van der Waals surface area contributed by atoms with Gasteiger partial charge in [-0.25, -0.2) is 0 Å². The van der Waals surface area contributed by atoms with Gasteiger partial charge in [0.2, 0.25) is 0 Å². The second-order valence-electron chi connectivity index (χ2n) is 3.96. The summed E-state index contributed by atoms with van der Waals surface area (Å²) in [6.45, 7) is 5.83. The summed E-state index contributed by atoms with van der Waals surface area (Å²) in [6.07, 6.45) is 2.89. The van der Waals surface area contributed by atoms with Gasteiger partial charge in [0.1, 0.15) is 0 Å². The van der Waals surface area contributed by atoms with Crippen molar-refractivity contribution in [1.82, 2.24) is 4.90 Å². The Balaban J connectivity index is 1.89. The maximum atomic E-state index is 3.59. The SMILES string of the molecule is CCN(Cc1sccc1Br)CC1CC1. The Hall–Kier alpha value is 0.140. The fourth-order valence-electron chi connectivity index (χ4n) is 1.61. The molecule has 1 heterocycles. The van der Waals surface area contributed by atoms with E-state index in [4.69, 9.17) is 0 Å². The van der Waals surface area contributed by atoms with E-state index in [0.717, 1.165) is 12.5 Å². The van der Waals surface area contributed by atoms with Crippen LogP contribution in [0.25, 0.3) is 0 Å². The summed E-state index contributed by atoms with van der Waals surface area (Å²) in [5.74, 6) is 0.994. The number of halogens is 1. The fraction of sp³-hybridized carbons (Fsp3) is 0.636. The van der Waals surface area contributed by atoms with Crippen LogP contribution in [0.1, 0.15) is 24.6 Å². The highest BCUT2D eigenvalue weighted by atomic mass is 79.9. The van der Waals surface area contributed by atoms with Gasteiger partial charge in [0.15, 0.2) is 0 Å². The van der Waals surface area contributed by atoms with E-state index in [1.165, 1.54) is 35.3 Å². The van der Waals surface area contributed by atoms with E-state index in [1.807, 2.05) is 11.3 Å². The van der Waals surface area contributed by atoms with Gasteiger partial charge < -0.3 is 0 Å². The molecule has 0 amide bonds. The molecular weight excluding hydrogens is 258 g/mol. The minimum absolute atomic E-state index is 0.994. The molecule has 0 spiro atoms. The van der Waals surface area contributed by atoms with E-state index in [0.29, 0.717) is 0 Å². The lowest BCUT2D eigenvalue weighted by molar-refractivity contribution is 0.270. The maximum Gasteiger partial charge on any atom is 0.0339 e. The van der Waals surface area contributed by atoms with Crippen molar-refractivity contribution >= 4 is 27.3 Å². The topological polar surface area (TPSA) is 3.24 Å². The summed E-state index contributed by atoms with van der Waals surface area (Å²) in [6, 6.07) is 2.14. The molecule has 78 valence electrons. The molecule has 0 N–H and O–H groups in total. The van der Waals surface area contributed by atoms with Crippen molar-refractivity contribution in [3.8, 4) is 0 Å². The zero-order valence-electron chi connectivity index (χ0n) is 8.50. The Labute approximate surface area is 98.2 Å². The molecule has 1 aromatic rings. The molecular formula is C11H16BrNS. The lowest BCUT2D eigenvalue weighted by Gasteiger charge is -2.19. The van der Waals surface area contributed by atoms with Gasteiger partial charge in [-0.3, -0.25) is 4.90 Å². The number of hydrogen-bond acceptors (Lipinski definition) is 2. The van der Waals surface area contributed by atoms with Crippen molar-refractivity contribution in [2.24, 2.45) is 5.92 Å². The highest BCUT2D eigenvalue weighted by Crippen LogP contribution is 2.31. The molecule has 1 nitrogen and oxygen atoms in total. The molecule has 0 saturated heterocycles. The molecule has 0 aliphatic heterocycles. The van der Waals surface area contributed by atoms with E-state index < -0.39 is 0 Å². The molecule has 1 aromatic heterocycles. The Kier molecular flexibility index (Phi) is 3.63. The molecule has 2 rings (SSSR count). The monoisotopic (exact) mass is 273 g/mol.